The van der Waals surface area contributed by atoms with Crippen LogP contribution in [0.4, 0.5) is 5.69 Å². The van der Waals surface area contributed by atoms with Gasteiger partial charge in [0.05, 0.1) is 12.7 Å². The Balaban J connectivity index is 2.02. The minimum absolute atomic E-state index is 0.193. The zero-order valence-corrected chi connectivity index (χ0v) is 11.5. The quantitative estimate of drug-likeness (QED) is 0.833. The highest BCUT2D eigenvalue weighted by Gasteiger charge is 2.10. The van der Waals surface area contributed by atoms with Gasteiger partial charge in [-0.3, -0.25) is 4.79 Å². The molecule has 104 valence electrons. The van der Waals surface area contributed by atoms with Crippen LogP contribution in [0.1, 0.15) is 21.5 Å². The number of anilines is 1. The SMILES string of the molecule is COc1ccc(CNC(=O)c2cccc(C)c2N)cn1. The molecule has 1 aromatic heterocycles. The normalized spacial score (nSPS) is 10.1. The maximum absolute atomic E-state index is 12.1. The number of carbonyl (C=O) groups is 1. The number of ether oxygens (including phenoxy) is 1. The van der Waals surface area contributed by atoms with Gasteiger partial charge in [0.2, 0.25) is 5.88 Å². The number of aryl methyl sites for hydroxylation is 1. The summed E-state index contributed by atoms with van der Waals surface area (Å²) in [5.74, 6) is 0.352. The van der Waals surface area contributed by atoms with Crippen LogP contribution in [0.3, 0.4) is 0 Å². The number of benzene rings is 1. The van der Waals surface area contributed by atoms with E-state index < -0.39 is 0 Å². The molecular weight excluding hydrogens is 254 g/mol. The molecule has 0 spiro atoms. The Labute approximate surface area is 117 Å². The lowest BCUT2D eigenvalue weighted by atomic mass is 10.1. The number of methoxy groups -OCH3 is 1. The van der Waals surface area contributed by atoms with Crippen LogP contribution in [0.2, 0.25) is 0 Å². The topological polar surface area (TPSA) is 77.2 Å². The second kappa shape index (κ2) is 6.06. The van der Waals surface area contributed by atoms with E-state index in [1.54, 1.807) is 25.4 Å². The van der Waals surface area contributed by atoms with Crippen molar-refractivity contribution in [3.05, 3.63) is 53.2 Å². The zero-order valence-electron chi connectivity index (χ0n) is 11.5. The average molecular weight is 271 g/mol. The van der Waals surface area contributed by atoms with E-state index in [0.717, 1.165) is 11.1 Å². The van der Waals surface area contributed by atoms with Crippen LogP contribution in [0.5, 0.6) is 5.88 Å². The molecule has 3 N–H and O–H groups in total. The summed E-state index contributed by atoms with van der Waals surface area (Å²) in [7, 11) is 1.56. The van der Waals surface area contributed by atoms with Crippen LogP contribution in [-0.2, 0) is 6.54 Å². The standard InChI is InChI=1S/C15H17N3O2/c1-10-4-3-5-12(14(10)16)15(19)18-9-11-6-7-13(20-2)17-8-11/h3-8H,9,16H2,1-2H3,(H,18,19). The lowest BCUT2D eigenvalue weighted by Crippen LogP contribution is -2.24. The number of nitrogens with one attached hydrogen (secondary N) is 1. The monoisotopic (exact) mass is 271 g/mol. The molecule has 0 aliphatic rings. The molecule has 0 bridgehead atoms. The van der Waals surface area contributed by atoms with Gasteiger partial charge in [0, 0.05) is 24.5 Å². The maximum Gasteiger partial charge on any atom is 0.253 e. The molecule has 0 radical (unpaired) electrons. The highest BCUT2D eigenvalue weighted by molar-refractivity contribution is 5.99. The number of para-hydroxylation sites is 1. The number of carbonyl (C=O) groups excluding carboxylic acids is 1. The molecule has 0 fully saturated rings. The Kier molecular flexibility index (Phi) is 4.20. The highest BCUT2D eigenvalue weighted by atomic mass is 16.5. The van der Waals surface area contributed by atoms with Crippen molar-refractivity contribution in [2.24, 2.45) is 0 Å². The van der Waals surface area contributed by atoms with Crippen LogP contribution in [-0.4, -0.2) is 18.0 Å². The summed E-state index contributed by atoms with van der Waals surface area (Å²) >= 11 is 0. The zero-order chi connectivity index (χ0) is 14.5. The number of hydrogen-bond acceptors (Lipinski definition) is 4. The van der Waals surface area contributed by atoms with Crippen LogP contribution in [0.15, 0.2) is 36.5 Å². The van der Waals surface area contributed by atoms with E-state index in [1.165, 1.54) is 0 Å². The molecule has 0 unspecified atom stereocenters. The first-order valence-electron chi connectivity index (χ1n) is 6.24. The van der Waals surface area contributed by atoms with Crippen molar-refractivity contribution in [1.29, 1.82) is 0 Å². The molecule has 5 heteroatoms. The summed E-state index contributed by atoms with van der Waals surface area (Å²) in [6, 6.07) is 9.01. The van der Waals surface area contributed by atoms with E-state index in [-0.39, 0.29) is 5.91 Å². The number of nitrogens with two attached hydrogens (primary N) is 1. The Morgan fingerprint density at radius 3 is 2.80 bits per heavy atom. The minimum atomic E-state index is -0.193. The molecule has 5 nitrogen and oxygen atoms in total. The Morgan fingerprint density at radius 2 is 2.15 bits per heavy atom. The number of nitrogens with zero attached hydrogens (tertiary/aromatic N) is 1. The minimum Gasteiger partial charge on any atom is -0.481 e. The van der Waals surface area contributed by atoms with Gasteiger partial charge in [0.25, 0.3) is 5.91 Å². The summed E-state index contributed by atoms with van der Waals surface area (Å²) in [5, 5.41) is 2.82. The smallest absolute Gasteiger partial charge is 0.253 e. The first-order chi connectivity index (χ1) is 9.61. The van der Waals surface area contributed by atoms with E-state index in [9.17, 15) is 4.79 Å². The number of aromatic nitrogens is 1. The molecule has 1 aromatic carbocycles. The van der Waals surface area contributed by atoms with Gasteiger partial charge < -0.3 is 15.8 Å². The van der Waals surface area contributed by atoms with Gasteiger partial charge in [-0.25, -0.2) is 4.98 Å². The van der Waals surface area contributed by atoms with E-state index in [1.807, 2.05) is 25.1 Å². The molecule has 2 aromatic rings. The van der Waals surface area contributed by atoms with Crippen LogP contribution in [0.25, 0.3) is 0 Å². The molecule has 0 aliphatic carbocycles. The van der Waals surface area contributed by atoms with Crippen LogP contribution in [0, 0.1) is 6.92 Å². The van der Waals surface area contributed by atoms with Gasteiger partial charge in [0.1, 0.15) is 0 Å². The number of amides is 1. The molecule has 1 amide bonds. The summed E-state index contributed by atoms with van der Waals surface area (Å²) in [6.07, 6.45) is 1.67. The first-order valence-corrected chi connectivity index (χ1v) is 6.24. The predicted molar refractivity (Wildman–Crippen MR) is 77.6 cm³/mol. The fourth-order valence-corrected chi connectivity index (χ4v) is 1.79. The van der Waals surface area contributed by atoms with Gasteiger partial charge >= 0.3 is 0 Å². The summed E-state index contributed by atoms with van der Waals surface area (Å²) in [5.41, 5.74) is 8.69. The van der Waals surface area contributed by atoms with Gasteiger partial charge in [-0.05, 0) is 24.1 Å². The Hall–Kier alpha value is -2.56. The van der Waals surface area contributed by atoms with E-state index in [2.05, 4.69) is 10.3 Å². The van der Waals surface area contributed by atoms with Crippen molar-refractivity contribution in [2.45, 2.75) is 13.5 Å². The molecule has 2 rings (SSSR count). The molecule has 1 heterocycles. The highest BCUT2D eigenvalue weighted by Crippen LogP contribution is 2.16. The van der Waals surface area contributed by atoms with Gasteiger partial charge in [-0.2, -0.15) is 0 Å². The molecule has 0 saturated heterocycles. The van der Waals surface area contributed by atoms with Crippen molar-refractivity contribution in [2.75, 3.05) is 12.8 Å². The summed E-state index contributed by atoms with van der Waals surface area (Å²) in [6.45, 7) is 2.27. The summed E-state index contributed by atoms with van der Waals surface area (Å²) < 4.78 is 4.98. The van der Waals surface area contributed by atoms with Crippen molar-refractivity contribution >= 4 is 11.6 Å². The molecule has 0 aliphatic heterocycles. The van der Waals surface area contributed by atoms with E-state index in [0.29, 0.717) is 23.7 Å². The number of rotatable bonds is 4. The largest absolute Gasteiger partial charge is 0.481 e. The van der Waals surface area contributed by atoms with Crippen molar-refractivity contribution in [1.82, 2.24) is 10.3 Å². The van der Waals surface area contributed by atoms with Gasteiger partial charge in [-0.1, -0.05) is 18.2 Å². The fourth-order valence-electron chi connectivity index (χ4n) is 1.79. The fraction of sp³-hybridized carbons (Fsp3) is 0.200. The van der Waals surface area contributed by atoms with E-state index in [4.69, 9.17) is 10.5 Å². The molecule has 20 heavy (non-hydrogen) atoms. The van der Waals surface area contributed by atoms with E-state index >= 15 is 0 Å². The predicted octanol–water partition coefficient (Wildman–Crippen LogP) is 1.91. The van der Waals surface area contributed by atoms with Crippen molar-refractivity contribution in [3.63, 3.8) is 0 Å². The molecular formula is C15H17N3O2. The van der Waals surface area contributed by atoms with Crippen molar-refractivity contribution < 1.29 is 9.53 Å². The number of hydrogen-bond donors (Lipinski definition) is 2. The maximum atomic E-state index is 12.1. The molecule has 0 saturated carbocycles. The number of nitrogen functional groups attached to an aromatic ring is 1. The second-order valence-electron chi connectivity index (χ2n) is 4.43. The summed E-state index contributed by atoms with van der Waals surface area (Å²) in [4.78, 5) is 16.2. The van der Waals surface area contributed by atoms with Crippen LogP contribution >= 0.6 is 0 Å². The second-order valence-corrected chi connectivity index (χ2v) is 4.43. The first kappa shape index (κ1) is 13.9. The Bertz CT molecular complexity index is 609. The van der Waals surface area contributed by atoms with Gasteiger partial charge in [0.15, 0.2) is 0 Å². The number of pyridine rings is 1. The average Bonchev–Trinajstić information content (AvgIpc) is 2.48. The third kappa shape index (κ3) is 3.06. The lowest BCUT2D eigenvalue weighted by Gasteiger charge is -2.09. The molecule has 0 atom stereocenters. The lowest BCUT2D eigenvalue weighted by molar-refractivity contribution is 0.0951. The third-order valence-electron chi connectivity index (χ3n) is 3.03. The van der Waals surface area contributed by atoms with Crippen molar-refractivity contribution in [3.8, 4) is 5.88 Å². The van der Waals surface area contributed by atoms with Gasteiger partial charge in [-0.15, -0.1) is 0 Å². The third-order valence-corrected chi connectivity index (χ3v) is 3.03. The Morgan fingerprint density at radius 1 is 1.35 bits per heavy atom. The van der Waals surface area contributed by atoms with Crippen LogP contribution < -0.4 is 15.8 Å².